The summed E-state index contributed by atoms with van der Waals surface area (Å²) in [6.07, 6.45) is 7.25. The number of aromatic nitrogens is 3. The van der Waals surface area contributed by atoms with Crippen LogP contribution in [0.3, 0.4) is 0 Å². The van der Waals surface area contributed by atoms with Gasteiger partial charge in [0.15, 0.2) is 0 Å². The number of carbonyl (C=O) groups excluding carboxylic acids is 2. The predicted octanol–water partition coefficient (Wildman–Crippen LogP) is 0.820. The minimum absolute atomic E-state index is 0.0314. The molecule has 0 spiro atoms. The third-order valence-electron chi connectivity index (χ3n) is 6.05. The summed E-state index contributed by atoms with van der Waals surface area (Å²) in [4.78, 5) is 40.4. The van der Waals surface area contributed by atoms with E-state index in [-0.39, 0.29) is 35.4 Å². The SMILES string of the molecule is CC[C@H]1COCCN1C(=O)/C=C/c1c[nH]n2c(=O)c(C(=O)NC3CC3)c(O)[n+](CC(C)C)c12. The van der Waals surface area contributed by atoms with Crippen molar-refractivity contribution in [2.45, 2.75) is 58.7 Å². The van der Waals surface area contributed by atoms with Crippen LogP contribution in [0.15, 0.2) is 17.1 Å². The standard InChI is InChI=1S/C23H31N5O5/c1-4-17-13-33-10-9-26(17)18(29)8-5-15-11-24-28-21(15)27(12-14(2)3)22(31)19(23(28)32)20(30)25-16-6-7-16/h5,8,11,14,16-17H,4,6-7,9-10,12-13H2,1-3H3,(H2,25,30,31,32)/p+1/b8-5+/t17-/m0/s1. The number of aromatic hydroxyl groups is 1. The second-order valence-electron chi connectivity index (χ2n) is 9.15. The first kappa shape index (κ1) is 23.0. The van der Waals surface area contributed by atoms with Gasteiger partial charge in [0.2, 0.25) is 11.5 Å². The van der Waals surface area contributed by atoms with Crippen LogP contribution < -0.4 is 15.4 Å². The van der Waals surface area contributed by atoms with E-state index in [9.17, 15) is 19.5 Å². The molecule has 1 aliphatic carbocycles. The number of aromatic amines is 1. The number of hydrogen-bond acceptors (Lipinski definition) is 5. The van der Waals surface area contributed by atoms with Gasteiger partial charge in [-0.1, -0.05) is 25.3 Å². The molecule has 1 saturated carbocycles. The average molecular weight is 459 g/mol. The Morgan fingerprint density at radius 2 is 2.15 bits per heavy atom. The largest absolute Gasteiger partial charge is 0.477 e. The number of nitrogens with one attached hydrogen (secondary N) is 2. The molecule has 2 amide bonds. The fourth-order valence-corrected chi connectivity index (χ4v) is 4.15. The maximum atomic E-state index is 13.1. The highest BCUT2D eigenvalue weighted by atomic mass is 16.5. The van der Waals surface area contributed by atoms with E-state index in [4.69, 9.17) is 4.74 Å². The van der Waals surface area contributed by atoms with Gasteiger partial charge in [0, 0.05) is 18.7 Å². The zero-order valence-corrected chi connectivity index (χ0v) is 19.3. The Morgan fingerprint density at radius 1 is 1.39 bits per heavy atom. The molecule has 0 radical (unpaired) electrons. The summed E-state index contributed by atoms with van der Waals surface area (Å²) >= 11 is 0. The highest BCUT2D eigenvalue weighted by Crippen LogP contribution is 2.21. The van der Waals surface area contributed by atoms with Gasteiger partial charge >= 0.3 is 17.1 Å². The third-order valence-corrected chi connectivity index (χ3v) is 6.05. The maximum absolute atomic E-state index is 13.1. The molecule has 2 aromatic rings. The van der Waals surface area contributed by atoms with Gasteiger partial charge < -0.3 is 20.1 Å². The molecule has 0 aromatic carbocycles. The van der Waals surface area contributed by atoms with Gasteiger partial charge in [-0.25, -0.2) is 9.89 Å². The molecule has 10 heteroatoms. The maximum Gasteiger partial charge on any atom is 0.378 e. The summed E-state index contributed by atoms with van der Waals surface area (Å²) in [7, 11) is 0. The molecule has 3 N–H and O–H groups in total. The van der Waals surface area contributed by atoms with Crippen molar-refractivity contribution in [1.29, 1.82) is 0 Å². The van der Waals surface area contributed by atoms with Crippen LogP contribution in [0.2, 0.25) is 0 Å². The van der Waals surface area contributed by atoms with E-state index in [0.717, 1.165) is 19.3 Å². The van der Waals surface area contributed by atoms with Crippen LogP contribution >= 0.6 is 0 Å². The second-order valence-corrected chi connectivity index (χ2v) is 9.15. The lowest BCUT2D eigenvalue weighted by atomic mass is 10.1. The van der Waals surface area contributed by atoms with E-state index in [1.54, 1.807) is 21.7 Å². The van der Waals surface area contributed by atoms with E-state index < -0.39 is 11.5 Å². The summed E-state index contributed by atoms with van der Waals surface area (Å²) in [5, 5.41) is 16.6. The van der Waals surface area contributed by atoms with Crippen molar-refractivity contribution in [3.8, 4) is 5.88 Å². The molecule has 0 bridgehead atoms. The van der Waals surface area contributed by atoms with Gasteiger partial charge in [-0.05, 0) is 31.3 Å². The number of morpholine rings is 1. The zero-order valence-electron chi connectivity index (χ0n) is 19.3. The normalized spacial score (nSPS) is 19.0. The predicted molar refractivity (Wildman–Crippen MR) is 121 cm³/mol. The highest BCUT2D eigenvalue weighted by Gasteiger charge is 2.34. The van der Waals surface area contributed by atoms with Crippen molar-refractivity contribution >= 4 is 23.5 Å². The summed E-state index contributed by atoms with van der Waals surface area (Å²) in [6, 6.07) is 0.0831. The average Bonchev–Trinajstić information content (AvgIpc) is 3.50. The molecule has 2 aromatic heterocycles. The van der Waals surface area contributed by atoms with E-state index in [2.05, 4.69) is 10.4 Å². The van der Waals surface area contributed by atoms with E-state index in [0.29, 0.717) is 37.5 Å². The van der Waals surface area contributed by atoms with Crippen molar-refractivity contribution in [3.05, 3.63) is 33.8 Å². The minimum Gasteiger partial charge on any atom is -0.477 e. The number of rotatable bonds is 7. The quantitative estimate of drug-likeness (QED) is 0.419. The second kappa shape index (κ2) is 9.38. The van der Waals surface area contributed by atoms with Gasteiger partial charge in [0.25, 0.3) is 5.91 Å². The fourth-order valence-electron chi connectivity index (χ4n) is 4.15. The number of H-pyrrole nitrogens is 1. The van der Waals surface area contributed by atoms with Crippen LogP contribution in [0.1, 0.15) is 56.0 Å². The van der Waals surface area contributed by atoms with Crippen LogP contribution in [0.5, 0.6) is 5.88 Å². The molecule has 4 rings (SSSR count). The number of hydrogen-bond donors (Lipinski definition) is 3. The van der Waals surface area contributed by atoms with Crippen LogP contribution in [0.25, 0.3) is 11.7 Å². The van der Waals surface area contributed by atoms with Gasteiger partial charge in [0.1, 0.15) is 0 Å². The summed E-state index contributed by atoms with van der Waals surface area (Å²) < 4.78 is 8.28. The lowest BCUT2D eigenvalue weighted by Crippen LogP contribution is -2.47. The van der Waals surface area contributed by atoms with Crippen molar-refractivity contribution < 1.29 is 24.0 Å². The first-order valence-electron chi connectivity index (χ1n) is 11.6. The first-order chi connectivity index (χ1) is 15.8. The smallest absolute Gasteiger partial charge is 0.378 e. The molecule has 1 saturated heterocycles. The van der Waals surface area contributed by atoms with Crippen molar-refractivity contribution in [3.63, 3.8) is 0 Å². The molecular weight excluding hydrogens is 426 g/mol. The van der Waals surface area contributed by atoms with Crippen LogP contribution in [-0.2, 0) is 16.1 Å². The van der Waals surface area contributed by atoms with E-state index in [1.165, 1.54) is 10.6 Å². The Kier molecular flexibility index (Phi) is 6.55. The fraction of sp³-hybridized carbons (Fsp3) is 0.565. The Labute approximate surface area is 191 Å². The summed E-state index contributed by atoms with van der Waals surface area (Å²) in [5.74, 6) is -0.946. The molecule has 1 atom stereocenters. The molecule has 1 aliphatic heterocycles. The lowest BCUT2D eigenvalue weighted by molar-refractivity contribution is -0.686. The molecule has 10 nitrogen and oxygen atoms in total. The Bertz CT molecular complexity index is 1140. The van der Waals surface area contributed by atoms with Gasteiger partial charge in [0.05, 0.1) is 37.6 Å². The number of fused-ring (bicyclic) bond motifs is 1. The monoisotopic (exact) mass is 458 g/mol. The molecule has 33 heavy (non-hydrogen) atoms. The third kappa shape index (κ3) is 4.66. The number of nitrogens with zero attached hydrogens (tertiary/aromatic N) is 3. The van der Waals surface area contributed by atoms with Gasteiger partial charge in [-0.15, -0.1) is 0 Å². The molecule has 0 unspecified atom stereocenters. The van der Waals surface area contributed by atoms with Crippen LogP contribution in [0.4, 0.5) is 0 Å². The van der Waals surface area contributed by atoms with Crippen molar-refractivity contribution in [2.24, 2.45) is 5.92 Å². The Hall–Kier alpha value is -3.14. The highest BCUT2D eigenvalue weighted by molar-refractivity contribution is 5.96. The van der Waals surface area contributed by atoms with E-state index in [1.807, 2.05) is 20.8 Å². The lowest BCUT2D eigenvalue weighted by Gasteiger charge is -2.34. The molecule has 2 aliphatic rings. The molecule has 178 valence electrons. The van der Waals surface area contributed by atoms with Crippen LogP contribution in [-0.4, -0.2) is 63.3 Å². The minimum atomic E-state index is -0.633. The zero-order chi connectivity index (χ0) is 23.7. The van der Waals surface area contributed by atoms with Crippen molar-refractivity contribution in [2.75, 3.05) is 19.8 Å². The molecule has 2 fully saturated rings. The Balaban J connectivity index is 1.74. The Morgan fingerprint density at radius 3 is 2.82 bits per heavy atom. The summed E-state index contributed by atoms with van der Waals surface area (Å²) in [5.41, 5.74) is 0.0394. The summed E-state index contributed by atoms with van der Waals surface area (Å²) in [6.45, 7) is 7.92. The molecule has 3 heterocycles. The van der Waals surface area contributed by atoms with Gasteiger partial charge in [-0.2, -0.15) is 4.57 Å². The number of carbonyl (C=O) groups is 2. The van der Waals surface area contributed by atoms with Crippen molar-refractivity contribution in [1.82, 2.24) is 19.8 Å². The van der Waals surface area contributed by atoms with E-state index >= 15 is 0 Å². The number of amides is 2. The first-order valence-corrected chi connectivity index (χ1v) is 11.6. The topological polar surface area (TPSA) is 120 Å². The molecular formula is C23H32N5O5+. The number of ether oxygens (including phenoxy) is 1. The van der Waals surface area contributed by atoms with Gasteiger partial charge in [-0.3, -0.25) is 9.59 Å². The van der Waals surface area contributed by atoms with Crippen LogP contribution in [0, 0.1) is 5.92 Å².